The predicted molar refractivity (Wildman–Crippen MR) is 76.2 cm³/mol. The summed E-state index contributed by atoms with van der Waals surface area (Å²) in [5.41, 5.74) is 0.310. The Labute approximate surface area is 122 Å². The summed E-state index contributed by atoms with van der Waals surface area (Å²) in [4.78, 5) is 12.4. The van der Waals surface area contributed by atoms with Crippen LogP contribution in [0.5, 0.6) is 0 Å². The van der Waals surface area contributed by atoms with Crippen molar-refractivity contribution in [1.82, 2.24) is 14.8 Å². The lowest BCUT2D eigenvalue weighted by molar-refractivity contribution is 0.534. The van der Waals surface area contributed by atoms with Gasteiger partial charge in [0.15, 0.2) is 5.16 Å². The van der Waals surface area contributed by atoms with Gasteiger partial charge in [0.25, 0.3) is 0 Å². The number of hydrogen-bond acceptors (Lipinski definition) is 4. The van der Waals surface area contributed by atoms with Gasteiger partial charge in [0.2, 0.25) is 0 Å². The average Bonchev–Trinajstić information content (AvgIpc) is 2.71. The van der Waals surface area contributed by atoms with E-state index in [0.717, 1.165) is 9.37 Å². The highest BCUT2D eigenvalue weighted by molar-refractivity contribution is 9.10. The minimum absolute atomic E-state index is 0.00596. The van der Waals surface area contributed by atoms with Crippen molar-refractivity contribution in [3.63, 3.8) is 0 Å². The second kappa shape index (κ2) is 5.63. The topological polar surface area (TPSA) is 74.5 Å². The maximum absolute atomic E-state index is 11.7. The predicted octanol–water partition coefficient (Wildman–Crippen LogP) is 2.94. The summed E-state index contributed by atoms with van der Waals surface area (Å²) in [6.45, 7) is 3.82. The largest absolute Gasteiger partial charge is 0.344 e. The number of halogens is 1. The maximum atomic E-state index is 11.7. The third-order valence-electron chi connectivity index (χ3n) is 2.45. The SMILES string of the molecule is CC(C)n1c(Sc2cc(Br)ccc2C#N)n[nH]c1=O. The fourth-order valence-electron chi connectivity index (χ4n) is 1.59. The fraction of sp³-hybridized carbons (Fsp3) is 0.250. The van der Waals surface area contributed by atoms with Crippen LogP contribution in [0.25, 0.3) is 0 Å². The van der Waals surface area contributed by atoms with Gasteiger partial charge in [-0.15, -0.1) is 5.10 Å². The van der Waals surface area contributed by atoms with Crippen LogP contribution in [-0.2, 0) is 0 Å². The lowest BCUT2D eigenvalue weighted by atomic mass is 10.2. The summed E-state index contributed by atoms with van der Waals surface area (Å²) in [6.07, 6.45) is 0. The second-order valence-electron chi connectivity index (χ2n) is 4.13. The van der Waals surface area contributed by atoms with Crippen molar-refractivity contribution in [3.8, 4) is 6.07 Å². The number of nitrogens with one attached hydrogen (secondary N) is 1. The Kier molecular flexibility index (Phi) is 4.12. The molecule has 1 aromatic carbocycles. The van der Waals surface area contributed by atoms with Crippen LogP contribution < -0.4 is 5.69 Å². The third kappa shape index (κ3) is 2.91. The standard InChI is InChI=1S/C12H11BrN4OS/c1-7(2)17-11(18)15-16-12(17)19-10-5-9(13)4-3-8(10)6-14/h3-5,7H,1-2H3,(H,15,18). The molecule has 2 rings (SSSR count). The van der Waals surface area contributed by atoms with Crippen LogP contribution in [0.1, 0.15) is 25.5 Å². The molecule has 0 unspecified atom stereocenters. The Morgan fingerprint density at radius 3 is 2.89 bits per heavy atom. The number of aromatic amines is 1. The molecule has 0 aliphatic heterocycles. The van der Waals surface area contributed by atoms with E-state index in [-0.39, 0.29) is 11.7 Å². The summed E-state index contributed by atoms with van der Waals surface area (Å²) in [5.74, 6) is 0. The summed E-state index contributed by atoms with van der Waals surface area (Å²) >= 11 is 4.67. The molecule has 0 radical (unpaired) electrons. The molecule has 0 amide bonds. The highest BCUT2D eigenvalue weighted by Gasteiger charge is 2.14. The second-order valence-corrected chi connectivity index (χ2v) is 6.05. The minimum Gasteiger partial charge on any atom is -0.267 e. The first-order valence-corrected chi connectivity index (χ1v) is 7.18. The molecule has 0 aliphatic carbocycles. The quantitative estimate of drug-likeness (QED) is 0.933. The van der Waals surface area contributed by atoms with Gasteiger partial charge in [-0.1, -0.05) is 15.9 Å². The highest BCUT2D eigenvalue weighted by atomic mass is 79.9. The van der Waals surface area contributed by atoms with Gasteiger partial charge in [-0.25, -0.2) is 9.89 Å². The summed E-state index contributed by atoms with van der Waals surface area (Å²) in [7, 11) is 0. The number of rotatable bonds is 3. The van der Waals surface area contributed by atoms with Gasteiger partial charge in [0, 0.05) is 15.4 Å². The molecular formula is C12H11BrN4OS. The highest BCUT2D eigenvalue weighted by Crippen LogP contribution is 2.31. The van der Waals surface area contributed by atoms with E-state index in [9.17, 15) is 4.79 Å². The monoisotopic (exact) mass is 338 g/mol. The molecule has 1 aromatic heterocycles. The number of hydrogen-bond donors (Lipinski definition) is 1. The van der Waals surface area contributed by atoms with Crippen LogP contribution in [-0.4, -0.2) is 14.8 Å². The zero-order valence-corrected chi connectivity index (χ0v) is 12.7. The van der Waals surface area contributed by atoms with Crippen molar-refractivity contribution in [2.24, 2.45) is 0 Å². The van der Waals surface area contributed by atoms with Gasteiger partial charge in [-0.3, -0.25) is 4.57 Å². The van der Waals surface area contributed by atoms with E-state index in [2.05, 4.69) is 32.2 Å². The third-order valence-corrected chi connectivity index (χ3v) is 3.98. The van der Waals surface area contributed by atoms with Gasteiger partial charge in [0.05, 0.1) is 5.56 Å². The van der Waals surface area contributed by atoms with Gasteiger partial charge in [-0.2, -0.15) is 5.26 Å². The molecule has 0 saturated carbocycles. The summed E-state index contributed by atoms with van der Waals surface area (Å²) in [6, 6.07) is 7.52. The normalized spacial score (nSPS) is 10.7. The molecule has 1 N–H and O–H groups in total. The Morgan fingerprint density at radius 1 is 1.53 bits per heavy atom. The van der Waals surface area contributed by atoms with Crippen molar-refractivity contribution in [2.75, 3.05) is 0 Å². The lowest BCUT2D eigenvalue weighted by Gasteiger charge is -2.09. The average molecular weight is 339 g/mol. The van der Waals surface area contributed by atoms with E-state index in [0.29, 0.717) is 10.7 Å². The zero-order chi connectivity index (χ0) is 14.0. The van der Waals surface area contributed by atoms with E-state index in [4.69, 9.17) is 5.26 Å². The van der Waals surface area contributed by atoms with E-state index < -0.39 is 0 Å². The number of H-pyrrole nitrogens is 1. The first-order chi connectivity index (χ1) is 9.02. The van der Waals surface area contributed by atoms with Crippen LogP contribution in [0, 0.1) is 11.3 Å². The van der Waals surface area contributed by atoms with Gasteiger partial charge < -0.3 is 0 Å². The van der Waals surface area contributed by atoms with Crippen molar-refractivity contribution in [2.45, 2.75) is 29.9 Å². The Hall–Kier alpha value is -1.52. The van der Waals surface area contributed by atoms with Gasteiger partial charge in [0.1, 0.15) is 6.07 Å². The summed E-state index contributed by atoms with van der Waals surface area (Å²) < 4.78 is 2.44. The molecule has 19 heavy (non-hydrogen) atoms. The fourth-order valence-corrected chi connectivity index (χ4v) is 3.19. The van der Waals surface area contributed by atoms with Crippen LogP contribution in [0.4, 0.5) is 0 Å². The molecule has 0 saturated heterocycles. The van der Waals surface area contributed by atoms with Crippen molar-refractivity contribution in [1.29, 1.82) is 5.26 Å². The number of nitrogens with zero attached hydrogens (tertiary/aromatic N) is 3. The molecule has 2 aromatic rings. The number of benzene rings is 1. The summed E-state index contributed by atoms with van der Waals surface area (Å²) in [5, 5.41) is 16.1. The molecular weight excluding hydrogens is 328 g/mol. The van der Waals surface area contributed by atoms with Crippen LogP contribution in [0.15, 0.2) is 37.5 Å². The van der Waals surface area contributed by atoms with Gasteiger partial charge in [-0.05, 0) is 43.8 Å². The molecule has 0 atom stereocenters. The van der Waals surface area contributed by atoms with E-state index in [1.54, 1.807) is 10.6 Å². The molecule has 0 bridgehead atoms. The molecule has 0 spiro atoms. The number of aromatic nitrogens is 3. The van der Waals surface area contributed by atoms with Crippen molar-refractivity contribution >= 4 is 27.7 Å². The first-order valence-electron chi connectivity index (χ1n) is 5.57. The van der Waals surface area contributed by atoms with E-state index >= 15 is 0 Å². The smallest absolute Gasteiger partial charge is 0.267 e. The van der Waals surface area contributed by atoms with Crippen LogP contribution in [0.3, 0.4) is 0 Å². The molecule has 0 fully saturated rings. The molecule has 5 nitrogen and oxygen atoms in total. The Balaban J connectivity index is 2.45. The maximum Gasteiger partial charge on any atom is 0.344 e. The number of nitriles is 1. The van der Waals surface area contributed by atoms with E-state index in [1.165, 1.54) is 11.8 Å². The molecule has 0 aliphatic rings. The zero-order valence-electron chi connectivity index (χ0n) is 10.3. The van der Waals surface area contributed by atoms with Crippen LogP contribution >= 0.6 is 27.7 Å². The molecule has 1 heterocycles. The van der Waals surface area contributed by atoms with Crippen molar-refractivity contribution < 1.29 is 0 Å². The first kappa shape index (κ1) is 13.9. The Morgan fingerprint density at radius 2 is 2.26 bits per heavy atom. The Bertz CT molecular complexity index is 698. The van der Waals surface area contributed by atoms with Crippen LogP contribution in [0.2, 0.25) is 0 Å². The molecule has 7 heteroatoms. The lowest BCUT2D eigenvalue weighted by Crippen LogP contribution is -2.19. The van der Waals surface area contributed by atoms with Crippen molar-refractivity contribution in [3.05, 3.63) is 38.7 Å². The minimum atomic E-state index is -0.244. The van der Waals surface area contributed by atoms with E-state index in [1.807, 2.05) is 26.0 Å². The molecule has 98 valence electrons. The van der Waals surface area contributed by atoms with Gasteiger partial charge >= 0.3 is 5.69 Å².